The van der Waals surface area contributed by atoms with Crippen LogP contribution < -0.4 is 14.4 Å². The fourth-order valence-electron chi connectivity index (χ4n) is 2.32. The molecular formula is C19H21NO3. The van der Waals surface area contributed by atoms with Gasteiger partial charge in [-0.1, -0.05) is 30.3 Å². The van der Waals surface area contributed by atoms with Gasteiger partial charge in [-0.15, -0.1) is 0 Å². The van der Waals surface area contributed by atoms with Gasteiger partial charge >= 0.3 is 0 Å². The first-order valence-electron chi connectivity index (χ1n) is 7.28. The molecule has 0 radical (unpaired) electrons. The van der Waals surface area contributed by atoms with Gasteiger partial charge < -0.3 is 14.4 Å². The van der Waals surface area contributed by atoms with E-state index in [0.717, 1.165) is 11.3 Å². The molecule has 0 aromatic heterocycles. The molecule has 2 rings (SSSR count). The summed E-state index contributed by atoms with van der Waals surface area (Å²) < 4.78 is 11.0. The third-order valence-corrected chi connectivity index (χ3v) is 3.48. The molecule has 2 aromatic rings. The van der Waals surface area contributed by atoms with Crippen LogP contribution in [0.1, 0.15) is 15.9 Å². The number of carbonyl (C=O) groups is 1. The van der Waals surface area contributed by atoms with Crippen LogP contribution in [0, 0.1) is 0 Å². The lowest BCUT2D eigenvalue weighted by Crippen LogP contribution is -2.11. The minimum Gasteiger partial charge on any atom is -0.492 e. The first kappa shape index (κ1) is 16.6. The topological polar surface area (TPSA) is 38.8 Å². The summed E-state index contributed by atoms with van der Waals surface area (Å²) in [6, 6.07) is 13.0. The highest BCUT2D eigenvalue weighted by Crippen LogP contribution is 2.40. The zero-order valence-electron chi connectivity index (χ0n) is 13.9. The van der Waals surface area contributed by atoms with Gasteiger partial charge in [0.2, 0.25) is 0 Å². The summed E-state index contributed by atoms with van der Waals surface area (Å²) in [4.78, 5) is 14.1. The lowest BCUT2D eigenvalue weighted by Gasteiger charge is -2.20. The number of rotatable bonds is 6. The number of anilines is 1. The first-order chi connectivity index (χ1) is 11.1. The van der Waals surface area contributed by atoms with E-state index in [2.05, 4.69) is 0 Å². The van der Waals surface area contributed by atoms with Crippen molar-refractivity contribution < 1.29 is 14.3 Å². The van der Waals surface area contributed by atoms with Gasteiger partial charge in [0.1, 0.15) is 0 Å². The number of methoxy groups -OCH3 is 2. The summed E-state index contributed by atoms with van der Waals surface area (Å²) >= 11 is 0. The van der Waals surface area contributed by atoms with E-state index < -0.39 is 0 Å². The van der Waals surface area contributed by atoms with Gasteiger partial charge in [0.05, 0.1) is 19.9 Å². The van der Waals surface area contributed by atoms with Crippen molar-refractivity contribution in [3.8, 4) is 11.5 Å². The van der Waals surface area contributed by atoms with Gasteiger partial charge in [-0.25, -0.2) is 0 Å². The molecule has 4 heteroatoms. The number of ketones is 1. The number of allylic oxidation sites excluding steroid dienone is 1. The molecule has 0 unspecified atom stereocenters. The Hall–Kier alpha value is -2.75. The molecular weight excluding hydrogens is 290 g/mol. The van der Waals surface area contributed by atoms with Crippen LogP contribution in [0.3, 0.4) is 0 Å². The van der Waals surface area contributed by atoms with E-state index >= 15 is 0 Å². The predicted octanol–water partition coefficient (Wildman–Crippen LogP) is 3.67. The Labute approximate surface area is 137 Å². The minimum absolute atomic E-state index is 0.0525. The van der Waals surface area contributed by atoms with E-state index in [1.54, 1.807) is 38.5 Å². The summed E-state index contributed by atoms with van der Waals surface area (Å²) in [6.07, 6.45) is 3.29. The van der Waals surface area contributed by atoms with Crippen molar-refractivity contribution in [3.63, 3.8) is 0 Å². The Bertz CT molecular complexity index is 706. The molecule has 0 amide bonds. The maximum atomic E-state index is 12.2. The SMILES string of the molecule is COc1c(C=CC(=O)c2ccccc2)ccc(N(C)C)c1OC. The molecule has 0 saturated heterocycles. The summed E-state index contributed by atoms with van der Waals surface area (Å²) in [5, 5.41) is 0. The van der Waals surface area contributed by atoms with Crippen LogP contribution in [0.5, 0.6) is 11.5 Å². The van der Waals surface area contributed by atoms with Crippen molar-refractivity contribution in [2.75, 3.05) is 33.2 Å². The highest BCUT2D eigenvalue weighted by molar-refractivity contribution is 6.07. The largest absolute Gasteiger partial charge is 0.492 e. The van der Waals surface area contributed by atoms with Crippen LogP contribution in [-0.2, 0) is 0 Å². The highest BCUT2D eigenvalue weighted by atomic mass is 16.5. The monoisotopic (exact) mass is 311 g/mol. The van der Waals surface area contributed by atoms with E-state index in [4.69, 9.17) is 9.47 Å². The third-order valence-electron chi connectivity index (χ3n) is 3.48. The van der Waals surface area contributed by atoms with Crippen LogP contribution >= 0.6 is 0 Å². The second-order valence-corrected chi connectivity index (χ2v) is 5.20. The normalized spacial score (nSPS) is 10.6. The second-order valence-electron chi connectivity index (χ2n) is 5.20. The van der Waals surface area contributed by atoms with Crippen LogP contribution in [0.25, 0.3) is 6.08 Å². The highest BCUT2D eigenvalue weighted by Gasteiger charge is 2.15. The molecule has 0 fully saturated rings. The zero-order chi connectivity index (χ0) is 16.8. The molecule has 0 heterocycles. The summed E-state index contributed by atoms with van der Waals surface area (Å²) in [6.45, 7) is 0. The molecule has 2 aromatic carbocycles. The Morgan fingerprint density at radius 1 is 0.957 bits per heavy atom. The van der Waals surface area contributed by atoms with Crippen molar-refractivity contribution in [3.05, 3.63) is 59.7 Å². The van der Waals surface area contributed by atoms with E-state index in [1.165, 1.54) is 0 Å². The number of hydrogen-bond acceptors (Lipinski definition) is 4. The number of hydrogen-bond donors (Lipinski definition) is 0. The Morgan fingerprint density at radius 2 is 1.61 bits per heavy atom. The summed E-state index contributed by atoms with van der Waals surface area (Å²) in [7, 11) is 7.07. The number of nitrogens with zero attached hydrogens (tertiary/aromatic N) is 1. The maximum absolute atomic E-state index is 12.2. The quantitative estimate of drug-likeness (QED) is 0.603. The Balaban J connectivity index is 2.36. The van der Waals surface area contributed by atoms with Gasteiger partial charge in [0.15, 0.2) is 17.3 Å². The van der Waals surface area contributed by atoms with Crippen LogP contribution in [0.15, 0.2) is 48.5 Å². The molecule has 0 aliphatic rings. The molecule has 0 bridgehead atoms. The number of ether oxygens (including phenoxy) is 2. The standard InChI is InChI=1S/C19H21NO3/c1-20(2)16-12-10-15(18(22-3)19(16)23-4)11-13-17(21)14-8-6-5-7-9-14/h5-13H,1-4H3. The molecule has 0 N–H and O–H groups in total. The molecule has 0 atom stereocenters. The number of carbonyl (C=O) groups excluding carboxylic acids is 1. The van der Waals surface area contributed by atoms with Gasteiger partial charge in [0, 0.05) is 25.2 Å². The average Bonchev–Trinajstić information content (AvgIpc) is 2.59. The molecule has 120 valence electrons. The van der Waals surface area contributed by atoms with Crippen molar-refractivity contribution in [1.29, 1.82) is 0 Å². The first-order valence-corrected chi connectivity index (χ1v) is 7.28. The van der Waals surface area contributed by atoms with Crippen LogP contribution in [-0.4, -0.2) is 34.1 Å². The average molecular weight is 311 g/mol. The van der Waals surface area contributed by atoms with Crippen LogP contribution in [0.4, 0.5) is 5.69 Å². The summed E-state index contributed by atoms with van der Waals surface area (Å²) in [5.41, 5.74) is 2.36. The van der Waals surface area contributed by atoms with Crippen molar-refractivity contribution in [2.45, 2.75) is 0 Å². The smallest absolute Gasteiger partial charge is 0.185 e. The van der Waals surface area contributed by atoms with Gasteiger partial charge in [0.25, 0.3) is 0 Å². The minimum atomic E-state index is -0.0525. The van der Waals surface area contributed by atoms with Crippen molar-refractivity contribution >= 4 is 17.5 Å². The molecule has 0 aliphatic heterocycles. The summed E-state index contributed by atoms with van der Waals surface area (Å²) in [5.74, 6) is 1.20. The molecule has 0 spiro atoms. The lowest BCUT2D eigenvalue weighted by molar-refractivity contribution is 0.104. The fraction of sp³-hybridized carbons (Fsp3) is 0.211. The van der Waals surface area contributed by atoms with Crippen molar-refractivity contribution in [2.24, 2.45) is 0 Å². The molecule has 0 saturated carbocycles. The molecule has 0 aliphatic carbocycles. The Morgan fingerprint density at radius 3 is 2.17 bits per heavy atom. The Kier molecular flexibility index (Phi) is 5.41. The second kappa shape index (κ2) is 7.49. The fourth-order valence-corrected chi connectivity index (χ4v) is 2.32. The van der Waals surface area contributed by atoms with Gasteiger partial charge in [-0.2, -0.15) is 0 Å². The lowest BCUT2D eigenvalue weighted by atomic mass is 10.1. The molecule has 23 heavy (non-hydrogen) atoms. The van der Waals surface area contributed by atoms with E-state index in [0.29, 0.717) is 17.1 Å². The van der Waals surface area contributed by atoms with E-state index in [1.807, 2.05) is 49.3 Å². The van der Waals surface area contributed by atoms with Crippen LogP contribution in [0.2, 0.25) is 0 Å². The zero-order valence-corrected chi connectivity index (χ0v) is 13.9. The number of benzene rings is 2. The van der Waals surface area contributed by atoms with Gasteiger partial charge in [-0.05, 0) is 24.3 Å². The van der Waals surface area contributed by atoms with E-state index in [9.17, 15) is 4.79 Å². The van der Waals surface area contributed by atoms with E-state index in [-0.39, 0.29) is 5.78 Å². The van der Waals surface area contributed by atoms with Crippen molar-refractivity contribution in [1.82, 2.24) is 0 Å². The maximum Gasteiger partial charge on any atom is 0.185 e. The predicted molar refractivity (Wildman–Crippen MR) is 93.7 cm³/mol. The third kappa shape index (κ3) is 3.72. The molecule has 4 nitrogen and oxygen atoms in total. The van der Waals surface area contributed by atoms with Gasteiger partial charge in [-0.3, -0.25) is 4.79 Å².